The molecular weight excluding hydrogens is 324 g/mol. The van der Waals surface area contributed by atoms with Crippen LogP contribution in [0.15, 0.2) is 24.3 Å². The Morgan fingerprint density at radius 3 is 2.52 bits per heavy atom. The predicted molar refractivity (Wildman–Crippen MR) is 91.6 cm³/mol. The molecule has 1 aromatic rings. The highest BCUT2D eigenvalue weighted by Gasteiger charge is 2.21. The zero-order valence-corrected chi connectivity index (χ0v) is 14.7. The molecule has 0 aliphatic carbocycles. The van der Waals surface area contributed by atoms with Crippen molar-refractivity contribution in [3.8, 4) is 11.8 Å². The van der Waals surface area contributed by atoms with Crippen molar-refractivity contribution >= 4 is 18.0 Å². The largest absolute Gasteiger partial charge is 0.465 e. The number of nitrogens with one attached hydrogen (secondary N) is 1. The Kier molecular flexibility index (Phi) is 7.00. The number of alkyl carbamates (subject to hydrolysis) is 1. The standard InChI is InChI=1S/C18H22N2O5/c1-18(2,3)25-17(23)20-14(15(19)21)10-6-8-12-7-5-9-13(11-12)16(22)24-4/h5,7,9,11,14H,10H2,1-4H3,(H2,19,21)(H,20,23). The van der Waals surface area contributed by atoms with Crippen LogP contribution in [0.3, 0.4) is 0 Å². The first-order valence-electron chi connectivity index (χ1n) is 7.58. The van der Waals surface area contributed by atoms with Crippen LogP contribution in [0.4, 0.5) is 4.79 Å². The van der Waals surface area contributed by atoms with E-state index in [0.717, 1.165) is 0 Å². The second-order valence-electron chi connectivity index (χ2n) is 6.18. The van der Waals surface area contributed by atoms with E-state index in [0.29, 0.717) is 11.1 Å². The summed E-state index contributed by atoms with van der Waals surface area (Å²) in [7, 11) is 1.29. The van der Waals surface area contributed by atoms with Crippen molar-refractivity contribution < 1.29 is 23.9 Å². The molecule has 3 N–H and O–H groups in total. The molecule has 0 heterocycles. The summed E-state index contributed by atoms with van der Waals surface area (Å²) in [6, 6.07) is 5.57. The average molecular weight is 346 g/mol. The highest BCUT2D eigenvalue weighted by molar-refractivity contribution is 5.89. The van der Waals surface area contributed by atoms with E-state index >= 15 is 0 Å². The van der Waals surface area contributed by atoms with Crippen molar-refractivity contribution in [3.05, 3.63) is 35.4 Å². The lowest BCUT2D eigenvalue weighted by molar-refractivity contribution is -0.119. The Hall–Kier alpha value is -3.01. The van der Waals surface area contributed by atoms with Crippen molar-refractivity contribution in [3.63, 3.8) is 0 Å². The molecule has 0 radical (unpaired) electrons. The van der Waals surface area contributed by atoms with Gasteiger partial charge in [-0.15, -0.1) is 0 Å². The Morgan fingerprint density at radius 1 is 1.28 bits per heavy atom. The van der Waals surface area contributed by atoms with Crippen LogP contribution in [0.5, 0.6) is 0 Å². The molecule has 134 valence electrons. The third-order valence-corrected chi connectivity index (χ3v) is 2.86. The van der Waals surface area contributed by atoms with Crippen LogP contribution in [0.2, 0.25) is 0 Å². The van der Waals surface area contributed by atoms with E-state index in [1.807, 2.05) is 0 Å². The molecule has 0 aromatic heterocycles. The topological polar surface area (TPSA) is 108 Å². The minimum Gasteiger partial charge on any atom is -0.465 e. The molecule has 1 aromatic carbocycles. The molecule has 0 aliphatic heterocycles. The first-order chi connectivity index (χ1) is 11.6. The first kappa shape index (κ1) is 20.0. The number of rotatable bonds is 4. The lowest BCUT2D eigenvalue weighted by Crippen LogP contribution is -2.46. The van der Waals surface area contributed by atoms with Gasteiger partial charge in [0.1, 0.15) is 11.6 Å². The van der Waals surface area contributed by atoms with Crippen LogP contribution < -0.4 is 11.1 Å². The van der Waals surface area contributed by atoms with Gasteiger partial charge in [0.25, 0.3) is 0 Å². The number of esters is 1. The van der Waals surface area contributed by atoms with Gasteiger partial charge in [-0.25, -0.2) is 9.59 Å². The van der Waals surface area contributed by atoms with E-state index in [-0.39, 0.29) is 6.42 Å². The zero-order chi connectivity index (χ0) is 19.0. The average Bonchev–Trinajstić information content (AvgIpc) is 2.51. The number of methoxy groups -OCH3 is 1. The number of carbonyl (C=O) groups is 3. The molecule has 1 atom stereocenters. The summed E-state index contributed by atoms with van der Waals surface area (Å²) in [5.74, 6) is 4.39. The van der Waals surface area contributed by atoms with E-state index in [2.05, 4.69) is 21.9 Å². The summed E-state index contributed by atoms with van der Waals surface area (Å²) in [5, 5.41) is 2.39. The maximum atomic E-state index is 11.7. The molecular formula is C18H22N2O5. The van der Waals surface area contributed by atoms with Crippen LogP contribution in [-0.2, 0) is 14.3 Å². The van der Waals surface area contributed by atoms with E-state index in [1.165, 1.54) is 7.11 Å². The van der Waals surface area contributed by atoms with Crippen molar-refractivity contribution in [2.75, 3.05) is 7.11 Å². The van der Waals surface area contributed by atoms with Gasteiger partial charge < -0.3 is 20.5 Å². The first-order valence-corrected chi connectivity index (χ1v) is 7.58. The fraction of sp³-hybridized carbons (Fsp3) is 0.389. The molecule has 7 nitrogen and oxygen atoms in total. The molecule has 25 heavy (non-hydrogen) atoms. The molecule has 0 saturated carbocycles. The summed E-state index contributed by atoms with van der Waals surface area (Å²) in [6.07, 6.45) is -0.734. The van der Waals surface area contributed by atoms with Crippen molar-refractivity contribution in [2.24, 2.45) is 5.73 Å². The van der Waals surface area contributed by atoms with Gasteiger partial charge in [-0.2, -0.15) is 0 Å². The van der Waals surface area contributed by atoms with Gasteiger partial charge in [-0.1, -0.05) is 17.9 Å². The van der Waals surface area contributed by atoms with Gasteiger partial charge in [0, 0.05) is 12.0 Å². The van der Waals surface area contributed by atoms with Crippen LogP contribution >= 0.6 is 0 Å². The Balaban J connectivity index is 2.76. The molecule has 2 amide bonds. The van der Waals surface area contributed by atoms with Gasteiger partial charge in [-0.3, -0.25) is 4.79 Å². The SMILES string of the molecule is COC(=O)c1cccc(C#CCC(NC(=O)OC(C)(C)C)C(N)=O)c1. The van der Waals surface area contributed by atoms with E-state index in [9.17, 15) is 14.4 Å². The maximum Gasteiger partial charge on any atom is 0.408 e. The molecule has 0 aliphatic rings. The molecule has 1 rings (SSSR count). The maximum absolute atomic E-state index is 11.7. The Labute approximate surface area is 146 Å². The highest BCUT2D eigenvalue weighted by Crippen LogP contribution is 2.08. The van der Waals surface area contributed by atoms with Gasteiger partial charge in [0.15, 0.2) is 0 Å². The number of hydrogen-bond acceptors (Lipinski definition) is 5. The summed E-state index contributed by atoms with van der Waals surface area (Å²) in [6.45, 7) is 5.12. The van der Waals surface area contributed by atoms with E-state index in [1.54, 1.807) is 45.0 Å². The minimum atomic E-state index is -0.980. The second kappa shape index (κ2) is 8.73. The predicted octanol–water partition coefficient (Wildman–Crippen LogP) is 1.59. The fourth-order valence-electron chi connectivity index (χ4n) is 1.77. The summed E-state index contributed by atoms with van der Waals surface area (Å²) < 4.78 is 9.72. The quantitative estimate of drug-likeness (QED) is 0.636. The van der Waals surface area contributed by atoms with Crippen LogP contribution in [0, 0.1) is 11.8 Å². The molecule has 0 bridgehead atoms. The summed E-state index contributed by atoms with van der Waals surface area (Å²) >= 11 is 0. The third-order valence-electron chi connectivity index (χ3n) is 2.86. The lowest BCUT2D eigenvalue weighted by Gasteiger charge is -2.21. The molecule has 0 spiro atoms. The number of nitrogens with two attached hydrogens (primary N) is 1. The number of hydrogen-bond donors (Lipinski definition) is 2. The van der Waals surface area contributed by atoms with Crippen molar-refractivity contribution in [1.29, 1.82) is 0 Å². The minimum absolute atomic E-state index is 0.0109. The lowest BCUT2D eigenvalue weighted by atomic mass is 10.1. The van der Waals surface area contributed by atoms with Gasteiger partial charge >= 0.3 is 12.1 Å². The molecule has 7 heteroatoms. The van der Waals surface area contributed by atoms with E-state index in [4.69, 9.17) is 10.5 Å². The van der Waals surface area contributed by atoms with Gasteiger partial charge in [-0.05, 0) is 39.0 Å². The highest BCUT2D eigenvalue weighted by atomic mass is 16.6. The third kappa shape index (κ3) is 7.40. The number of benzene rings is 1. The van der Waals surface area contributed by atoms with Crippen molar-refractivity contribution in [2.45, 2.75) is 38.8 Å². The Bertz CT molecular complexity index is 710. The van der Waals surface area contributed by atoms with Crippen LogP contribution in [-0.4, -0.2) is 36.7 Å². The number of carbonyl (C=O) groups excluding carboxylic acids is 3. The smallest absolute Gasteiger partial charge is 0.408 e. The summed E-state index contributed by atoms with van der Waals surface area (Å²) in [4.78, 5) is 34.6. The van der Waals surface area contributed by atoms with Gasteiger partial charge in [0.2, 0.25) is 5.91 Å². The van der Waals surface area contributed by atoms with Crippen molar-refractivity contribution in [1.82, 2.24) is 5.32 Å². The summed E-state index contributed by atoms with van der Waals surface area (Å²) in [5.41, 5.74) is 5.52. The zero-order valence-electron chi connectivity index (χ0n) is 14.7. The molecule has 0 fully saturated rings. The molecule has 1 unspecified atom stereocenters. The molecule has 0 saturated heterocycles. The van der Waals surface area contributed by atoms with E-state index < -0.39 is 29.6 Å². The number of ether oxygens (including phenoxy) is 2. The van der Waals surface area contributed by atoms with Gasteiger partial charge in [0.05, 0.1) is 12.7 Å². The van der Waals surface area contributed by atoms with Crippen LogP contribution in [0.25, 0.3) is 0 Å². The monoisotopic (exact) mass is 346 g/mol. The number of amides is 2. The van der Waals surface area contributed by atoms with Crippen LogP contribution in [0.1, 0.15) is 43.1 Å². The number of primary amides is 1. The fourth-order valence-corrected chi connectivity index (χ4v) is 1.77. The second-order valence-corrected chi connectivity index (χ2v) is 6.18. The normalized spacial score (nSPS) is 11.5. The Morgan fingerprint density at radius 2 is 1.96 bits per heavy atom.